The van der Waals surface area contributed by atoms with Crippen molar-refractivity contribution in [3.05, 3.63) is 35.9 Å². The molecule has 1 fully saturated rings. The van der Waals surface area contributed by atoms with E-state index in [4.69, 9.17) is 4.74 Å². The van der Waals surface area contributed by atoms with Crippen LogP contribution in [0.15, 0.2) is 30.3 Å². The number of methoxy groups -OCH3 is 1. The Balaban J connectivity index is 1.94. The molecular formula is C20H27N3O5. The Bertz CT molecular complexity index is 722. The first-order chi connectivity index (χ1) is 13.3. The Labute approximate surface area is 164 Å². The number of amides is 3. The van der Waals surface area contributed by atoms with Gasteiger partial charge in [0.15, 0.2) is 0 Å². The van der Waals surface area contributed by atoms with Gasteiger partial charge in [0.05, 0.1) is 13.5 Å². The first kappa shape index (κ1) is 21.4. The largest absolute Gasteiger partial charge is 0.467 e. The molecule has 1 saturated heterocycles. The van der Waals surface area contributed by atoms with E-state index in [1.165, 1.54) is 7.11 Å². The molecule has 1 aromatic rings. The molecule has 8 nitrogen and oxygen atoms in total. The number of benzene rings is 1. The molecule has 0 aromatic heterocycles. The number of rotatable bonds is 8. The van der Waals surface area contributed by atoms with Gasteiger partial charge in [-0.15, -0.1) is 0 Å². The second-order valence-corrected chi connectivity index (χ2v) is 6.97. The zero-order valence-electron chi connectivity index (χ0n) is 16.4. The van der Waals surface area contributed by atoms with Gasteiger partial charge >= 0.3 is 5.97 Å². The minimum absolute atomic E-state index is 0.124. The summed E-state index contributed by atoms with van der Waals surface area (Å²) in [5, 5.41) is 7.88. The summed E-state index contributed by atoms with van der Waals surface area (Å²) in [7, 11) is 1.26. The third-order valence-corrected chi connectivity index (χ3v) is 4.92. The molecule has 4 atom stereocenters. The van der Waals surface area contributed by atoms with Gasteiger partial charge in [0.25, 0.3) is 0 Å². The summed E-state index contributed by atoms with van der Waals surface area (Å²) in [5.41, 5.74) is 0.925. The average molecular weight is 389 g/mol. The summed E-state index contributed by atoms with van der Waals surface area (Å²) in [6.07, 6.45) is 0.789. The van der Waals surface area contributed by atoms with E-state index in [1.54, 1.807) is 0 Å². The van der Waals surface area contributed by atoms with Gasteiger partial charge in [-0.3, -0.25) is 14.4 Å². The van der Waals surface area contributed by atoms with E-state index in [-0.39, 0.29) is 18.2 Å². The number of carbonyl (C=O) groups is 4. The van der Waals surface area contributed by atoms with Crippen LogP contribution in [0, 0.1) is 5.92 Å². The lowest BCUT2D eigenvalue weighted by Crippen LogP contribution is -2.63. The van der Waals surface area contributed by atoms with Crippen molar-refractivity contribution in [1.82, 2.24) is 16.0 Å². The number of hydrogen-bond acceptors (Lipinski definition) is 5. The van der Waals surface area contributed by atoms with Crippen LogP contribution in [-0.4, -0.2) is 48.9 Å². The van der Waals surface area contributed by atoms with Crippen LogP contribution < -0.4 is 16.0 Å². The maximum Gasteiger partial charge on any atom is 0.328 e. The van der Waals surface area contributed by atoms with Crippen molar-refractivity contribution < 1.29 is 23.9 Å². The van der Waals surface area contributed by atoms with Gasteiger partial charge in [-0.2, -0.15) is 0 Å². The lowest BCUT2D eigenvalue weighted by molar-refractivity contribution is -0.147. The molecule has 8 heteroatoms. The lowest BCUT2D eigenvalue weighted by Gasteiger charge is -2.30. The smallest absolute Gasteiger partial charge is 0.328 e. The summed E-state index contributed by atoms with van der Waals surface area (Å²) < 4.78 is 4.73. The van der Waals surface area contributed by atoms with Gasteiger partial charge in [0.2, 0.25) is 17.7 Å². The third-order valence-electron chi connectivity index (χ3n) is 4.92. The second kappa shape index (κ2) is 9.87. The van der Waals surface area contributed by atoms with Gasteiger partial charge in [-0.1, -0.05) is 50.6 Å². The van der Waals surface area contributed by atoms with E-state index in [0.29, 0.717) is 12.8 Å². The van der Waals surface area contributed by atoms with Crippen molar-refractivity contribution in [3.63, 3.8) is 0 Å². The van der Waals surface area contributed by atoms with Crippen molar-refractivity contribution >= 4 is 23.7 Å². The summed E-state index contributed by atoms with van der Waals surface area (Å²) >= 11 is 0. The molecule has 1 aliphatic rings. The number of hydrogen-bond donors (Lipinski definition) is 3. The molecule has 152 valence electrons. The molecule has 0 saturated carbocycles. The van der Waals surface area contributed by atoms with Crippen LogP contribution in [0.25, 0.3) is 0 Å². The highest BCUT2D eigenvalue weighted by atomic mass is 16.5. The minimum Gasteiger partial charge on any atom is -0.467 e. The number of esters is 1. The molecule has 1 aromatic carbocycles. The van der Waals surface area contributed by atoms with Crippen molar-refractivity contribution in [1.29, 1.82) is 0 Å². The van der Waals surface area contributed by atoms with E-state index >= 15 is 0 Å². The zero-order valence-corrected chi connectivity index (χ0v) is 16.4. The molecule has 2 rings (SSSR count). The van der Waals surface area contributed by atoms with Crippen molar-refractivity contribution in [2.75, 3.05) is 7.11 Å². The molecule has 0 aliphatic carbocycles. The van der Waals surface area contributed by atoms with Crippen LogP contribution >= 0.6 is 0 Å². The predicted octanol–water partition coefficient (Wildman–Crippen LogP) is 0.306. The van der Waals surface area contributed by atoms with Crippen LogP contribution in [0.2, 0.25) is 0 Å². The average Bonchev–Trinajstić information content (AvgIpc) is 2.69. The van der Waals surface area contributed by atoms with Crippen molar-refractivity contribution in [2.45, 2.75) is 51.2 Å². The molecule has 0 spiro atoms. The normalized spacial score (nSPS) is 21.1. The van der Waals surface area contributed by atoms with E-state index < -0.39 is 35.9 Å². The van der Waals surface area contributed by atoms with Gasteiger partial charge < -0.3 is 20.7 Å². The van der Waals surface area contributed by atoms with Crippen molar-refractivity contribution in [3.8, 4) is 0 Å². The molecule has 1 aliphatic heterocycles. The first-order valence-corrected chi connectivity index (χ1v) is 9.37. The fourth-order valence-corrected chi connectivity index (χ4v) is 3.03. The predicted molar refractivity (Wildman–Crippen MR) is 102 cm³/mol. The van der Waals surface area contributed by atoms with Crippen LogP contribution in [0.1, 0.15) is 32.3 Å². The third kappa shape index (κ3) is 5.55. The Morgan fingerprint density at radius 1 is 1.11 bits per heavy atom. The monoisotopic (exact) mass is 389 g/mol. The Morgan fingerprint density at radius 2 is 1.71 bits per heavy atom. The first-order valence-electron chi connectivity index (χ1n) is 9.37. The van der Waals surface area contributed by atoms with E-state index in [1.807, 2.05) is 44.2 Å². The van der Waals surface area contributed by atoms with Gasteiger partial charge in [0, 0.05) is 6.42 Å². The maximum absolute atomic E-state index is 12.3. The molecule has 0 bridgehead atoms. The van der Waals surface area contributed by atoms with E-state index in [9.17, 15) is 19.2 Å². The summed E-state index contributed by atoms with van der Waals surface area (Å²) in [6, 6.07) is 6.89. The SMILES string of the molecule is CC[C@H](C)[C@H](NC(=O)C[C@@H]1NC(=O)[C@H](Cc2ccccc2)NC1=O)C(=O)OC. The van der Waals surface area contributed by atoms with E-state index in [0.717, 1.165) is 5.56 Å². The maximum atomic E-state index is 12.3. The Morgan fingerprint density at radius 3 is 2.32 bits per heavy atom. The minimum atomic E-state index is -0.977. The van der Waals surface area contributed by atoms with Crippen LogP contribution in [0.4, 0.5) is 0 Å². The fourth-order valence-electron chi connectivity index (χ4n) is 3.03. The summed E-state index contributed by atoms with van der Waals surface area (Å²) in [4.78, 5) is 48.9. The zero-order chi connectivity index (χ0) is 20.7. The highest BCUT2D eigenvalue weighted by Crippen LogP contribution is 2.11. The van der Waals surface area contributed by atoms with E-state index in [2.05, 4.69) is 16.0 Å². The molecule has 28 heavy (non-hydrogen) atoms. The number of nitrogens with one attached hydrogen (secondary N) is 3. The molecule has 0 unspecified atom stereocenters. The van der Waals surface area contributed by atoms with Gasteiger partial charge in [0.1, 0.15) is 18.1 Å². The number of carbonyl (C=O) groups excluding carboxylic acids is 4. The number of piperazine rings is 1. The van der Waals surface area contributed by atoms with Gasteiger partial charge in [-0.05, 0) is 11.5 Å². The fraction of sp³-hybridized carbons (Fsp3) is 0.500. The van der Waals surface area contributed by atoms with Gasteiger partial charge in [-0.25, -0.2) is 4.79 Å². The molecule has 1 heterocycles. The van der Waals surface area contributed by atoms with Crippen LogP contribution in [-0.2, 0) is 30.3 Å². The lowest BCUT2D eigenvalue weighted by atomic mass is 9.98. The molecule has 3 N–H and O–H groups in total. The second-order valence-electron chi connectivity index (χ2n) is 6.97. The molecule has 3 amide bonds. The highest BCUT2D eigenvalue weighted by Gasteiger charge is 2.36. The van der Waals surface area contributed by atoms with Crippen molar-refractivity contribution in [2.24, 2.45) is 5.92 Å². The number of ether oxygens (including phenoxy) is 1. The molecule has 0 radical (unpaired) electrons. The topological polar surface area (TPSA) is 114 Å². The standard InChI is InChI=1S/C20H27N3O5/c1-4-12(2)17(20(27)28-3)23-16(24)11-15-19(26)21-14(18(25)22-15)10-13-8-6-5-7-9-13/h5-9,12,14-15,17H,4,10-11H2,1-3H3,(H,21,26)(H,22,25)(H,23,24)/t12-,14-,15-,17-/m0/s1. The quantitative estimate of drug-likeness (QED) is 0.554. The van der Waals surface area contributed by atoms with Crippen LogP contribution in [0.5, 0.6) is 0 Å². The Kier molecular flexibility index (Phi) is 7.54. The summed E-state index contributed by atoms with van der Waals surface area (Å²) in [5.74, 6) is -1.93. The molecular weight excluding hydrogens is 362 g/mol. The summed E-state index contributed by atoms with van der Waals surface area (Å²) in [6.45, 7) is 3.72. The highest BCUT2D eigenvalue weighted by molar-refractivity contribution is 5.99. The Hall–Kier alpha value is -2.90. The van der Waals surface area contributed by atoms with Crippen LogP contribution in [0.3, 0.4) is 0 Å².